The molecule has 142 valence electrons. The first-order valence-corrected chi connectivity index (χ1v) is 9.76. The first-order chi connectivity index (χ1) is 13.4. The van der Waals surface area contributed by atoms with Crippen molar-refractivity contribution in [3.63, 3.8) is 0 Å². The van der Waals surface area contributed by atoms with Crippen LogP contribution in [0.1, 0.15) is 43.7 Å². The quantitative estimate of drug-likeness (QED) is 0.812. The van der Waals surface area contributed by atoms with Gasteiger partial charge in [0.1, 0.15) is 5.92 Å². The van der Waals surface area contributed by atoms with Gasteiger partial charge in [-0.2, -0.15) is 15.8 Å². The van der Waals surface area contributed by atoms with Gasteiger partial charge in [-0.3, -0.25) is 4.90 Å². The van der Waals surface area contributed by atoms with E-state index in [9.17, 15) is 15.8 Å². The number of nitriles is 3. The van der Waals surface area contributed by atoms with Gasteiger partial charge >= 0.3 is 0 Å². The average molecular weight is 371 g/mol. The zero-order valence-electron chi connectivity index (χ0n) is 16.6. The van der Waals surface area contributed by atoms with Crippen molar-refractivity contribution in [2.75, 3.05) is 19.6 Å². The lowest BCUT2D eigenvalue weighted by atomic mass is 9.54. The van der Waals surface area contributed by atoms with Crippen LogP contribution in [0.2, 0.25) is 0 Å². The van der Waals surface area contributed by atoms with Crippen molar-refractivity contribution < 1.29 is 0 Å². The molecule has 28 heavy (non-hydrogen) atoms. The van der Waals surface area contributed by atoms with Crippen LogP contribution in [0.5, 0.6) is 0 Å². The molecule has 1 unspecified atom stereocenters. The maximum Gasteiger partial charge on any atom is 0.189 e. The van der Waals surface area contributed by atoms with E-state index in [1.54, 1.807) is 0 Å². The molecule has 1 N–H and O–H groups in total. The van der Waals surface area contributed by atoms with Crippen LogP contribution in [-0.2, 0) is 0 Å². The number of hydrogen-bond donors (Lipinski definition) is 1. The lowest BCUT2D eigenvalue weighted by molar-refractivity contribution is 0.212. The number of fused-ring (bicyclic) bond motifs is 1. The van der Waals surface area contributed by atoms with E-state index in [1.807, 2.05) is 30.3 Å². The molecule has 1 aliphatic carbocycles. The van der Waals surface area contributed by atoms with Crippen molar-refractivity contribution in [2.45, 2.75) is 32.6 Å². The first-order valence-electron chi connectivity index (χ1n) is 9.76. The zero-order valence-corrected chi connectivity index (χ0v) is 16.6. The molecule has 1 aliphatic heterocycles. The molecule has 1 aromatic rings. The third-order valence-electron chi connectivity index (χ3n) is 6.28. The Labute approximate surface area is 167 Å². The van der Waals surface area contributed by atoms with Crippen molar-refractivity contribution >= 4 is 5.71 Å². The Kier molecular flexibility index (Phi) is 5.37. The molecular formula is C23H25N5. The summed E-state index contributed by atoms with van der Waals surface area (Å²) in [7, 11) is 0. The highest BCUT2D eigenvalue weighted by atomic mass is 15.1. The topological polar surface area (TPSA) is 98.5 Å². The molecule has 1 heterocycles. The summed E-state index contributed by atoms with van der Waals surface area (Å²) in [5.74, 6) is -0.994. The van der Waals surface area contributed by atoms with E-state index in [1.165, 1.54) is 5.56 Å². The van der Waals surface area contributed by atoms with Crippen molar-refractivity contribution in [2.24, 2.45) is 17.3 Å². The van der Waals surface area contributed by atoms with E-state index in [2.05, 4.69) is 43.9 Å². The number of likely N-dealkylation sites (N-methyl/N-ethyl adjacent to an activating group) is 1. The SMILES string of the molecule is CCN1CC=C2C(C#N)C(=N)C(C#N)(C#N)[C@@H](c3ccc(C(C)C)cc3)[C@H]2C1. The minimum absolute atomic E-state index is 0.0783. The molecule has 0 spiro atoms. The fourth-order valence-electron chi connectivity index (χ4n) is 4.59. The van der Waals surface area contributed by atoms with E-state index in [-0.39, 0.29) is 11.6 Å². The van der Waals surface area contributed by atoms with E-state index in [4.69, 9.17) is 5.41 Å². The zero-order chi connectivity index (χ0) is 20.5. The van der Waals surface area contributed by atoms with Gasteiger partial charge in [0.2, 0.25) is 0 Å². The number of nitrogens with one attached hydrogen (secondary N) is 1. The maximum atomic E-state index is 10.1. The molecular weight excluding hydrogens is 346 g/mol. The monoisotopic (exact) mass is 371 g/mol. The van der Waals surface area contributed by atoms with Crippen LogP contribution in [0.3, 0.4) is 0 Å². The molecule has 2 aliphatic rings. The number of benzene rings is 1. The van der Waals surface area contributed by atoms with Crippen LogP contribution in [0.15, 0.2) is 35.9 Å². The molecule has 3 atom stereocenters. The number of hydrogen-bond acceptors (Lipinski definition) is 5. The minimum atomic E-state index is -1.63. The van der Waals surface area contributed by atoms with Crippen LogP contribution in [0.25, 0.3) is 0 Å². The van der Waals surface area contributed by atoms with E-state index >= 15 is 0 Å². The van der Waals surface area contributed by atoms with Crippen LogP contribution in [0.4, 0.5) is 0 Å². The lowest BCUT2D eigenvalue weighted by Gasteiger charge is -2.47. The van der Waals surface area contributed by atoms with Crippen molar-refractivity contribution in [1.82, 2.24) is 4.90 Å². The third-order valence-corrected chi connectivity index (χ3v) is 6.28. The molecule has 1 aromatic carbocycles. The van der Waals surface area contributed by atoms with Crippen molar-refractivity contribution in [3.8, 4) is 18.2 Å². The summed E-state index contributed by atoms with van der Waals surface area (Å²) < 4.78 is 0. The van der Waals surface area contributed by atoms with E-state index in [0.29, 0.717) is 12.5 Å². The Hall–Kier alpha value is -2.94. The lowest BCUT2D eigenvalue weighted by Crippen LogP contribution is -2.52. The summed E-state index contributed by atoms with van der Waals surface area (Å²) in [6, 6.07) is 14.6. The summed E-state index contributed by atoms with van der Waals surface area (Å²) in [6.07, 6.45) is 2.04. The van der Waals surface area contributed by atoms with Gasteiger partial charge in [0.15, 0.2) is 5.41 Å². The highest BCUT2D eigenvalue weighted by Crippen LogP contribution is 2.53. The van der Waals surface area contributed by atoms with Gasteiger partial charge in [-0.15, -0.1) is 0 Å². The molecule has 0 saturated heterocycles. The van der Waals surface area contributed by atoms with Gasteiger partial charge in [-0.05, 0) is 29.2 Å². The summed E-state index contributed by atoms with van der Waals surface area (Å²) in [5, 5.41) is 38.5. The number of rotatable bonds is 3. The van der Waals surface area contributed by atoms with E-state index < -0.39 is 17.3 Å². The van der Waals surface area contributed by atoms with Gasteiger partial charge in [0.25, 0.3) is 0 Å². The van der Waals surface area contributed by atoms with Crippen molar-refractivity contribution in [1.29, 1.82) is 21.2 Å². The third kappa shape index (κ3) is 2.91. The molecule has 0 aromatic heterocycles. The minimum Gasteiger partial charge on any atom is -0.305 e. The maximum absolute atomic E-state index is 10.1. The van der Waals surface area contributed by atoms with Gasteiger partial charge in [-0.25, -0.2) is 0 Å². The predicted octanol–water partition coefficient (Wildman–Crippen LogP) is 3.98. The standard InChI is InChI=1S/C23H25N5/c1-4-28-10-9-18-19(11-24)22(27)23(13-25,14-26)21(20(18)12-28)17-7-5-16(6-8-17)15(2)3/h5-9,15,19-21,27H,4,10,12H2,1-3H3/t19?,20-,21-/m0/s1. The van der Waals surface area contributed by atoms with Gasteiger partial charge in [0, 0.05) is 24.9 Å². The summed E-state index contributed by atoms with van der Waals surface area (Å²) >= 11 is 0. The smallest absolute Gasteiger partial charge is 0.189 e. The summed E-state index contributed by atoms with van der Waals surface area (Å²) in [6.45, 7) is 8.62. The van der Waals surface area contributed by atoms with Gasteiger partial charge in [0.05, 0.1) is 23.9 Å². The Bertz CT molecular complexity index is 906. The molecule has 5 heteroatoms. The molecule has 1 fully saturated rings. The Morgan fingerprint density at radius 3 is 2.32 bits per heavy atom. The summed E-state index contributed by atoms with van der Waals surface area (Å²) in [5.41, 5.74) is 1.28. The largest absolute Gasteiger partial charge is 0.305 e. The molecule has 5 nitrogen and oxygen atoms in total. The Morgan fingerprint density at radius 2 is 1.82 bits per heavy atom. The molecule has 0 amide bonds. The normalized spacial score (nSPS) is 26.5. The first kappa shape index (κ1) is 19.8. The highest BCUT2D eigenvalue weighted by Gasteiger charge is 2.57. The Balaban J connectivity index is 2.20. The van der Waals surface area contributed by atoms with Crippen LogP contribution in [-0.4, -0.2) is 30.2 Å². The molecule has 1 saturated carbocycles. The second kappa shape index (κ2) is 7.59. The van der Waals surface area contributed by atoms with Crippen molar-refractivity contribution in [3.05, 3.63) is 47.0 Å². The van der Waals surface area contributed by atoms with Crippen LogP contribution < -0.4 is 0 Å². The molecule has 0 bridgehead atoms. The average Bonchev–Trinajstić information content (AvgIpc) is 2.72. The van der Waals surface area contributed by atoms with Crippen LogP contribution >= 0.6 is 0 Å². The highest BCUT2D eigenvalue weighted by molar-refractivity contribution is 6.00. The van der Waals surface area contributed by atoms with Gasteiger partial charge < -0.3 is 5.41 Å². The number of nitrogens with zero attached hydrogens (tertiary/aromatic N) is 4. The molecule has 3 rings (SSSR count). The summed E-state index contributed by atoms with van der Waals surface area (Å²) in [4.78, 5) is 2.26. The second-order valence-corrected chi connectivity index (χ2v) is 7.97. The molecule has 0 radical (unpaired) electrons. The van der Waals surface area contributed by atoms with E-state index in [0.717, 1.165) is 24.2 Å². The Morgan fingerprint density at radius 1 is 1.18 bits per heavy atom. The van der Waals surface area contributed by atoms with Crippen LogP contribution in [0, 0.1) is 56.7 Å². The van der Waals surface area contributed by atoms with Gasteiger partial charge in [-0.1, -0.05) is 51.1 Å². The second-order valence-electron chi connectivity index (χ2n) is 7.97. The fraction of sp³-hybridized carbons (Fsp3) is 0.478. The predicted molar refractivity (Wildman–Crippen MR) is 107 cm³/mol. The fourth-order valence-corrected chi connectivity index (χ4v) is 4.59.